The fraction of sp³-hybridized carbons (Fsp3) is 0.167. The molecular formula is C12H13N3S. The van der Waals surface area contributed by atoms with E-state index >= 15 is 0 Å². The van der Waals surface area contributed by atoms with Gasteiger partial charge in [0.25, 0.3) is 0 Å². The maximum Gasteiger partial charge on any atom is 0.116 e. The number of aryl methyl sites for hydroxylation is 1. The molecule has 82 valence electrons. The maximum absolute atomic E-state index is 5.73. The van der Waals surface area contributed by atoms with Crippen molar-refractivity contribution in [3.05, 3.63) is 47.9 Å². The summed E-state index contributed by atoms with van der Waals surface area (Å²) in [6, 6.07) is 8.07. The quantitative estimate of drug-likeness (QED) is 0.824. The highest BCUT2D eigenvalue weighted by Gasteiger charge is 2.06. The number of hydrogen-bond acceptors (Lipinski definition) is 4. The maximum atomic E-state index is 5.73. The zero-order chi connectivity index (χ0) is 11.4. The van der Waals surface area contributed by atoms with E-state index in [4.69, 9.17) is 5.73 Å². The van der Waals surface area contributed by atoms with Crippen LogP contribution in [0, 0.1) is 6.92 Å². The fourth-order valence-electron chi connectivity index (χ4n) is 1.46. The molecule has 3 nitrogen and oxygen atoms in total. The molecule has 2 rings (SSSR count). The summed E-state index contributed by atoms with van der Waals surface area (Å²) in [5.41, 5.74) is 8.11. The van der Waals surface area contributed by atoms with Crippen LogP contribution in [-0.4, -0.2) is 9.97 Å². The first kappa shape index (κ1) is 11.1. The Balaban J connectivity index is 2.34. The van der Waals surface area contributed by atoms with Gasteiger partial charge in [-0.15, -0.1) is 0 Å². The lowest BCUT2D eigenvalue weighted by Gasteiger charge is -2.09. The van der Waals surface area contributed by atoms with Gasteiger partial charge in [0.15, 0.2) is 0 Å². The number of benzene rings is 1. The van der Waals surface area contributed by atoms with Gasteiger partial charge in [-0.25, -0.2) is 9.97 Å². The molecule has 2 N–H and O–H groups in total. The van der Waals surface area contributed by atoms with E-state index in [1.54, 1.807) is 24.3 Å². The second-order valence-electron chi connectivity index (χ2n) is 3.42. The van der Waals surface area contributed by atoms with Crippen molar-refractivity contribution in [1.29, 1.82) is 0 Å². The lowest BCUT2D eigenvalue weighted by Crippen LogP contribution is -1.99. The minimum Gasteiger partial charge on any atom is -0.326 e. The molecule has 0 fully saturated rings. The number of rotatable bonds is 3. The summed E-state index contributed by atoms with van der Waals surface area (Å²) in [6.45, 7) is 2.64. The van der Waals surface area contributed by atoms with E-state index in [1.165, 1.54) is 10.5 Å². The fourth-order valence-corrected chi connectivity index (χ4v) is 2.41. The summed E-state index contributed by atoms with van der Waals surface area (Å²) < 4.78 is 0. The van der Waals surface area contributed by atoms with Gasteiger partial charge in [0, 0.05) is 17.6 Å². The molecule has 0 unspecified atom stereocenters. The third-order valence-corrected chi connectivity index (χ3v) is 3.51. The average molecular weight is 231 g/mol. The van der Waals surface area contributed by atoms with Crippen molar-refractivity contribution >= 4 is 11.8 Å². The predicted molar refractivity (Wildman–Crippen MR) is 65.2 cm³/mol. The molecule has 1 aromatic carbocycles. The Labute approximate surface area is 99.1 Å². The molecule has 0 saturated carbocycles. The minimum absolute atomic E-state index is 0.551. The zero-order valence-electron chi connectivity index (χ0n) is 9.05. The molecule has 1 aromatic heterocycles. The summed E-state index contributed by atoms with van der Waals surface area (Å²) >= 11 is 1.63. The molecule has 2 aromatic rings. The molecule has 0 aliphatic heterocycles. The van der Waals surface area contributed by atoms with E-state index in [0.29, 0.717) is 6.54 Å². The van der Waals surface area contributed by atoms with Crippen LogP contribution in [0.4, 0.5) is 0 Å². The summed E-state index contributed by atoms with van der Waals surface area (Å²) in [4.78, 5) is 9.30. The van der Waals surface area contributed by atoms with Gasteiger partial charge in [-0.3, -0.25) is 0 Å². The summed E-state index contributed by atoms with van der Waals surface area (Å²) in [7, 11) is 0. The molecule has 0 amide bonds. The molecule has 0 saturated heterocycles. The monoisotopic (exact) mass is 231 g/mol. The third-order valence-electron chi connectivity index (χ3n) is 2.27. The van der Waals surface area contributed by atoms with Gasteiger partial charge in [-0.05, 0) is 24.1 Å². The topological polar surface area (TPSA) is 51.8 Å². The molecule has 0 spiro atoms. The van der Waals surface area contributed by atoms with Crippen molar-refractivity contribution in [2.24, 2.45) is 5.73 Å². The van der Waals surface area contributed by atoms with Crippen molar-refractivity contribution in [1.82, 2.24) is 9.97 Å². The molecule has 1 heterocycles. The third kappa shape index (κ3) is 2.40. The van der Waals surface area contributed by atoms with Crippen LogP contribution in [0.2, 0.25) is 0 Å². The number of nitrogens with two attached hydrogens (primary N) is 1. The van der Waals surface area contributed by atoms with Crippen molar-refractivity contribution in [2.75, 3.05) is 0 Å². The van der Waals surface area contributed by atoms with E-state index < -0.39 is 0 Å². The Hall–Kier alpha value is -1.39. The summed E-state index contributed by atoms with van der Waals surface area (Å²) in [6.07, 6.45) is 3.30. The molecular weight excluding hydrogens is 218 g/mol. The Kier molecular flexibility index (Phi) is 3.54. The first-order valence-electron chi connectivity index (χ1n) is 5.03. The number of aromatic nitrogens is 2. The SMILES string of the molecule is Cc1cccc(CN)c1Sc1ccncn1. The largest absolute Gasteiger partial charge is 0.326 e. The van der Waals surface area contributed by atoms with Gasteiger partial charge < -0.3 is 5.73 Å². The van der Waals surface area contributed by atoms with Crippen LogP contribution >= 0.6 is 11.8 Å². The van der Waals surface area contributed by atoms with Gasteiger partial charge >= 0.3 is 0 Å². The molecule has 0 bridgehead atoms. The van der Waals surface area contributed by atoms with Crippen LogP contribution in [0.15, 0.2) is 46.7 Å². The number of hydrogen-bond donors (Lipinski definition) is 1. The first-order valence-corrected chi connectivity index (χ1v) is 5.85. The van der Waals surface area contributed by atoms with E-state index in [2.05, 4.69) is 29.0 Å². The smallest absolute Gasteiger partial charge is 0.116 e. The highest BCUT2D eigenvalue weighted by atomic mass is 32.2. The van der Waals surface area contributed by atoms with E-state index in [0.717, 1.165) is 10.6 Å². The van der Waals surface area contributed by atoms with Crippen LogP contribution < -0.4 is 5.73 Å². The van der Waals surface area contributed by atoms with Crippen molar-refractivity contribution in [3.63, 3.8) is 0 Å². The van der Waals surface area contributed by atoms with E-state index in [1.807, 2.05) is 12.1 Å². The Bertz CT molecular complexity index is 471. The standard InChI is InChI=1S/C12H13N3S/c1-9-3-2-4-10(7-13)12(9)16-11-5-6-14-8-15-11/h2-6,8H,7,13H2,1H3. The second kappa shape index (κ2) is 5.09. The normalized spacial score (nSPS) is 10.4. The molecule has 0 aliphatic carbocycles. The predicted octanol–water partition coefficient (Wildman–Crippen LogP) is 2.39. The molecule has 0 atom stereocenters. The lowest BCUT2D eigenvalue weighted by atomic mass is 10.1. The number of nitrogens with zero attached hydrogens (tertiary/aromatic N) is 2. The van der Waals surface area contributed by atoms with Gasteiger partial charge in [0.2, 0.25) is 0 Å². The Morgan fingerprint density at radius 3 is 2.88 bits per heavy atom. The van der Waals surface area contributed by atoms with Crippen LogP contribution in [-0.2, 0) is 6.54 Å². The van der Waals surface area contributed by atoms with Crippen molar-refractivity contribution in [3.8, 4) is 0 Å². The Morgan fingerprint density at radius 2 is 2.19 bits per heavy atom. The lowest BCUT2D eigenvalue weighted by molar-refractivity contribution is 1.00. The van der Waals surface area contributed by atoms with Gasteiger partial charge in [0.05, 0.1) is 0 Å². The van der Waals surface area contributed by atoms with Crippen molar-refractivity contribution in [2.45, 2.75) is 23.4 Å². The summed E-state index contributed by atoms with van der Waals surface area (Å²) in [5.74, 6) is 0. The molecule has 16 heavy (non-hydrogen) atoms. The average Bonchev–Trinajstić information content (AvgIpc) is 2.33. The minimum atomic E-state index is 0.551. The first-order chi connectivity index (χ1) is 7.81. The van der Waals surface area contributed by atoms with E-state index in [-0.39, 0.29) is 0 Å². The highest BCUT2D eigenvalue weighted by molar-refractivity contribution is 7.99. The van der Waals surface area contributed by atoms with Crippen LogP contribution in [0.3, 0.4) is 0 Å². The Morgan fingerprint density at radius 1 is 1.31 bits per heavy atom. The molecule has 0 aliphatic rings. The van der Waals surface area contributed by atoms with Gasteiger partial charge in [-0.2, -0.15) is 0 Å². The molecule has 4 heteroatoms. The van der Waals surface area contributed by atoms with Crippen LogP contribution in [0.1, 0.15) is 11.1 Å². The van der Waals surface area contributed by atoms with Gasteiger partial charge in [0.1, 0.15) is 11.4 Å². The molecule has 0 radical (unpaired) electrons. The van der Waals surface area contributed by atoms with Crippen LogP contribution in [0.25, 0.3) is 0 Å². The van der Waals surface area contributed by atoms with Crippen molar-refractivity contribution < 1.29 is 0 Å². The zero-order valence-corrected chi connectivity index (χ0v) is 9.87. The van der Waals surface area contributed by atoms with Crippen LogP contribution in [0.5, 0.6) is 0 Å². The summed E-state index contributed by atoms with van der Waals surface area (Å²) in [5, 5.41) is 0.944. The van der Waals surface area contributed by atoms with E-state index in [9.17, 15) is 0 Å². The van der Waals surface area contributed by atoms with Gasteiger partial charge in [-0.1, -0.05) is 30.0 Å². The highest BCUT2D eigenvalue weighted by Crippen LogP contribution is 2.31. The second-order valence-corrected chi connectivity index (χ2v) is 4.45.